The summed E-state index contributed by atoms with van der Waals surface area (Å²) in [5.74, 6) is 1.75. The Labute approximate surface area is 171 Å². The van der Waals surface area contributed by atoms with Crippen LogP contribution >= 0.6 is 0 Å². The fourth-order valence-electron chi connectivity index (χ4n) is 3.79. The van der Waals surface area contributed by atoms with Gasteiger partial charge in [0.15, 0.2) is 5.76 Å². The Morgan fingerprint density at radius 1 is 1.28 bits per heavy atom. The Bertz CT molecular complexity index is 1060. The van der Waals surface area contributed by atoms with Crippen LogP contribution in [0.15, 0.2) is 81.8 Å². The summed E-state index contributed by atoms with van der Waals surface area (Å²) in [5, 5.41) is 2.97. The van der Waals surface area contributed by atoms with Crippen LogP contribution in [0.1, 0.15) is 24.6 Å². The zero-order valence-corrected chi connectivity index (χ0v) is 16.4. The summed E-state index contributed by atoms with van der Waals surface area (Å²) < 4.78 is 6.00. The third-order valence-electron chi connectivity index (χ3n) is 5.65. The van der Waals surface area contributed by atoms with E-state index < -0.39 is 0 Å². The molecule has 0 bridgehead atoms. The molecule has 2 unspecified atom stereocenters. The monoisotopic (exact) mass is 388 g/mol. The maximum absolute atomic E-state index is 12.6. The predicted molar refractivity (Wildman–Crippen MR) is 116 cm³/mol. The van der Waals surface area contributed by atoms with Crippen molar-refractivity contribution in [2.24, 2.45) is 15.9 Å². The number of benzene rings is 1. The Kier molecular flexibility index (Phi) is 4.01. The van der Waals surface area contributed by atoms with Crippen LogP contribution in [0.5, 0.6) is 0 Å². The minimum atomic E-state index is -0.201. The second-order valence-corrected chi connectivity index (χ2v) is 7.86. The zero-order valence-electron chi connectivity index (χ0n) is 16.4. The molecular formula is C23H24N4O2. The van der Waals surface area contributed by atoms with Gasteiger partial charge < -0.3 is 15.0 Å². The van der Waals surface area contributed by atoms with Crippen molar-refractivity contribution in [1.29, 1.82) is 0 Å². The lowest BCUT2D eigenvalue weighted by Crippen LogP contribution is -2.21. The molecule has 2 heterocycles. The molecule has 6 nitrogen and oxygen atoms in total. The number of ether oxygens (including phenoxy) is 1. The minimum absolute atomic E-state index is 0. The number of carbonyl (C=O) groups is 1. The molecule has 1 amide bonds. The summed E-state index contributed by atoms with van der Waals surface area (Å²) in [6.07, 6.45) is 13.2. The topological polar surface area (TPSA) is 66.3 Å². The molecular weight excluding hydrogens is 364 g/mol. The van der Waals surface area contributed by atoms with E-state index in [0.29, 0.717) is 23.8 Å². The largest absolute Gasteiger partial charge is 0.439 e. The molecule has 2 aliphatic heterocycles. The van der Waals surface area contributed by atoms with Crippen molar-refractivity contribution in [3.8, 4) is 0 Å². The molecule has 1 aromatic rings. The molecule has 1 N–H and O–H groups in total. The third kappa shape index (κ3) is 3.10. The van der Waals surface area contributed by atoms with Gasteiger partial charge in [0.05, 0.1) is 6.20 Å². The summed E-state index contributed by atoms with van der Waals surface area (Å²) in [4.78, 5) is 23.7. The molecule has 2 aliphatic carbocycles. The fraction of sp³-hybridized carbons (Fsp3) is 0.261. The highest BCUT2D eigenvalue weighted by Gasteiger charge is 2.62. The standard InChI is InChI=1S/C23H22N4O2.H2/c1-27(2)19-10-7-15(8-11-19)21(28)25-18-5-3-4-16(6-9-18)22-26-23-12-17(23)13-24-14-20(23)29-22;/h3,5-11,13-14,17H,4,12H2,1-2H3,(H,25,28);1H. The number of nitrogens with one attached hydrogen (secondary N) is 1. The van der Waals surface area contributed by atoms with E-state index in [-0.39, 0.29) is 12.9 Å². The fourth-order valence-corrected chi connectivity index (χ4v) is 3.79. The van der Waals surface area contributed by atoms with Crippen molar-refractivity contribution in [2.75, 3.05) is 19.0 Å². The van der Waals surface area contributed by atoms with E-state index in [1.54, 1.807) is 6.20 Å². The number of anilines is 1. The summed E-state index contributed by atoms with van der Waals surface area (Å²) in [6.45, 7) is 0. The third-order valence-corrected chi connectivity index (χ3v) is 5.65. The molecule has 1 spiro atoms. The Morgan fingerprint density at radius 3 is 2.86 bits per heavy atom. The van der Waals surface area contributed by atoms with Gasteiger partial charge in [-0.15, -0.1) is 0 Å². The van der Waals surface area contributed by atoms with Crippen molar-refractivity contribution < 1.29 is 11.0 Å². The number of rotatable bonds is 4. The lowest BCUT2D eigenvalue weighted by Gasteiger charge is -2.12. The normalized spacial score (nSPS) is 26.1. The molecule has 0 aromatic heterocycles. The first-order chi connectivity index (χ1) is 14.0. The Balaban J connectivity index is 0.00000218. The predicted octanol–water partition coefficient (Wildman–Crippen LogP) is 3.61. The molecule has 148 valence electrons. The van der Waals surface area contributed by atoms with Gasteiger partial charge in [0, 0.05) is 50.2 Å². The van der Waals surface area contributed by atoms with Crippen molar-refractivity contribution in [1.82, 2.24) is 5.32 Å². The molecule has 0 saturated heterocycles. The van der Waals surface area contributed by atoms with Crippen molar-refractivity contribution >= 4 is 23.7 Å². The highest BCUT2D eigenvalue weighted by Crippen LogP contribution is 2.56. The van der Waals surface area contributed by atoms with E-state index in [0.717, 1.165) is 29.1 Å². The molecule has 5 rings (SSSR count). The van der Waals surface area contributed by atoms with Crippen molar-refractivity contribution in [2.45, 2.75) is 18.4 Å². The van der Waals surface area contributed by atoms with Gasteiger partial charge in [-0.3, -0.25) is 9.79 Å². The molecule has 0 radical (unpaired) electrons. The highest BCUT2D eigenvalue weighted by molar-refractivity contribution is 5.99. The van der Waals surface area contributed by atoms with Crippen LogP contribution in [-0.2, 0) is 4.74 Å². The molecule has 4 aliphatic rings. The number of allylic oxidation sites excluding steroid dienone is 4. The molecule has 2 atom stereocenters. The van der Waals surface area contributed by atoms with Gasteiger partial charge in [0.1, 0.15) is 5.54 Å². The number of amides is 1. The van der Waals surface area contributed by atoms with Gasteiger partial charge in [-0.1, -0.05) is 12.2 Å². The second-order valence-electron chi connectivity index (χ2n) is 7.86. The Morgan fingerprint density at radius 2 is 2.10 bits per heavy atom. The second kappa shape index (κ2) is 6.58. The molecule has 1 aromatic carbocycles. The number of carbonyl (C=O) groups excluding carboxylic acids is 1. The zero-order chi connectivity index (χ0) is 20.0. The first-order valence-corrected chi connectivity index (χ1v) is 9.73. The van der Waals surface area contributed by atoms with Crippen LogP contribution in [0.4, 0.5) is 5.69 Å². The van der Waals surface area contributed by atoms with Crippen LogP contribution in [0.3, 0.4) is 0 Å². The molecule has 6 heteroatoms. The number of nitrogens with zero attached hydrogens (tertiary/aromatic N) is 3. The lowest BCUT2D eigenvalue weighted by molar-refractivity contribution is 0.0967. The summed E-state index contributed by atoms with van der Waals surface area (Å²) >= 11 is 0. The van der Waals surface area contributed by atoms with Crippen LogP contribution in [-0.4, -0.2) is 37.7 Å². The van der Waals surface area contributed by atoms with Crippen LogP contribution < -0.4 is 10.2 Å². The Hall–Kier alpha value is -3.41. The van der Waals surface area contributed by atoms with Crippen LogP contribution in [0.25, 0.3) is 0 Å². The summed E-state index contributed by atoms with van der Waals surface area (Å²) in [6, 6.07) is 7.53. The van der Waals surface area contributed by atoms with Gasteiger partial charge >= 0.3 is 0 Å². The van der Waals surface area contributed by atoms with Gasteiger partial charge in [-0.05, 0) is 49.3 Å². The maximum Gasteiger partial charge on any atom is 0.255 e. The van der Waals surface area contributed by atoms with Crippen molar-refractivity contribution in [3.63, 3.8) is 0 Å². The van der Waals surface area contributed by atoms with E-state index >= 15 is 0 Å². The van der Waals surface area contributed by atoms with E-state index in [1.165, 1.54) is 0 Å². The molecule has 1 saturated carbocycles. The highest BCUT2D eigenvalue weighted by atomic mass is 16.5. The number of aliphatic imine (C=N–C) groups is 2. The summed E-state index contributed by atoms with van der Waals surface area (Å²) in [5.41, 5.74) is 3.21. The molecule has 1 fully saturated rings. The van der Waals surface area contributed by atoms with Crippen LogP contribution in [0, 0.1) is 5.92 Å². The van der Waals surface area contributed by atoms with E-state index in [1.807, 2.05) is 73.8 Å². The minimum Gasteiger partial charge on any atom is -0.439 e. The maximum atomic E-state index is 12.6. The van der Waals surface area contributed by atoms with Crippen molar-refractivity contribution in [3.05, 3.63) is 77.4 Å². The van der Waals surface area contributed by atoms with Gasteiger partial charge in [0.25, 0.3) is 5.91 Å². The quantitative estimate of drug-likeness (QED) is 0.857. The van der Waals surface area contributed by atoms with E-state index in [2.05, 4.69) is 10.3 Å². The smallest absolute Gasteiger partial charge is 0.255 e. The number of hydrogen-bond donors (Lipinski definition) is 1. The first kappa shape index (κ1) is 17.7. The van der Waals surface area contributed by atoms with Gasteiger partial charge in [0.2, 0.25) is 5.90 Å². The average molecular weight is 388 g/mol. The van der Waals surface area contributed by atoms with Gasteiger partial charge in [-0.2, -0.15) is 0 Å². The van der Waals surface area contributed by atoms with Crippen LogP contribution in [0.2, 0.25) is 0 Å². The lowest BCUT2D eigenvalue weighted by atomic mass is 10.1. The SMILES string of the molecule is CN(C)c1ccc(C(=O)NC2=CC=C(C3=NC45CC4C=NC=C5O3)CC=C2)cc1.[HH]. The molecule has 29 heavy (non-hydrogen) atoms. The van der Waals surface area contributed by atoms with E-state index in [4.69, 9.17) is 9.73 Å². The van der Waals surface area contributed by atoms with E-state index in [9.17, 15) is 4.79 Å². The summed E-state index contributed by atoms with van der Waals surface area (Å²) in [7, 11) is 3.94. The first-order valence-electron chi connectivity index (χ1n) is 9.73. The number of hydrogen-bond acceptors (Lipinski definition) is 5. The van der Waals surface area contributed by atoms with Gasteiger partial charge in [-0.25, -0.2) is 4.99 Å². The average Bonchev–Trinajstić information content (AvgIpc) is 3.39.